The van der Waals surface area contributed by atoms with E-state index in [9.17, 15) is 10.1 Å². The average molecular weight is 338 g/mol. The molecule has 0 spiro atoms. The van der Waals surface area contributed by atoms with Crippen molar-refractivity contribution >= 4 is 21.6 Å². The summed E-state index contributed by atoms with van der Waals surface area (Å²) in [4.78, 5) is 18.9. The summed E-state index contributed by atoms with van der Waals surface area (Å²) in [5.41, 5.74) is 0.776. The highest BCUT2D eigenvalue weighted by atomic mass is 79.9. The minimum Gasteiger partial charge on any atom is -0.432 e. The lowest BCUT2D eigenvalue weighted by Gasteiger charge is -2.07. The number of hydrogen-bond donors (Lipinski definition) is 0. The smallest absolute Gasteiger partial charge is 0.311 e. The van der Waals surface area contributed by atoms with Crippen LogP contribution in [0.2, 0.25) is 0 Å². The number of nitro benzene ring substituents is 1. The predicted octanol–water partition coefficient (Wildman–Crippen LogP) is 3.81. The number of hydrogen-bond acceptors (Lipinski definition) is 5. The molecule has 6 nitrogen and oxygen atoms in total. The monoisotopic (exact) mass is 337 g/mol. The molecule has 0 amide bonds. The summed E-state index contributed by atoms with van der Waals surface area (Å²) < 4.78 is 6.13. The molecule has 0 fully saturated rings. The predicted molar refractivity (Wildman–Crippen MR) is 77.0 cm³/mol. The van der Waals surface area contributed by atoms with Gasteiger partial charge in [0, 0.05) is 18.6 Å². The fraction of sp³-hybridized carbons (Fsp3) is 0.231. The largest absolute Gasteiger partial charge is 0.432 e. The van der Waals surface area contributed by atoms with E-state index in [2.05, 4.69) is 25.9 Å². The van der Waals surface area contributed by atoms with Crippen LogP contribution < -0.4 is 4.74 Å². The molecule has 0 saturated carbocycles. The molecule has 0 aliphatic carbocycles. The minimum absolute atomic E-state index is 0.0941. The molecular weight excluding hydrogens is 326 g/mol. The van der Waals surface area contributed by atoms with Gasteiger partial charge in [-0.05, 0) is 34.5 Å². The minimum atomic E-state index is -0.480. The number of ether oxygens (including phenoxy) is 1. The third-order valence-electron chi connectivity index (χ3n) is 2.56. The molecule has 0 bridgehead atoms. The first-order valence-corrected chi connectivity index (χ1v) is 6.75. The van der Waals surface area contributed by atoms with Gasteiger partial charge in [-0.3, -0.25) is 10.1 Å². The van der Waals surface area contributed by atoms with Crippen molar-refractivity contribution < 1.29 is 9.66 Å². The molecule has 2 rings (SSSR count). The van der Waals surface area contributed by atoms with Crippen molar-refractivity contribution in [3.8, 4) is 11.6 Å². The second-order valence-electron chi connectivity index (χ2n) is 4.13. The van der Waals surface area contributed by atoms with Gasteiger partial charge in [0.1, 0.15) is 10.4 Å². The summed E-state index contributed by atoms with van der Waals surface area (Å²) in [6, 6.07) is 6.27. The van der Waals surface area contributed by atoms with Gasteiger partial charge in [0.15, 0.2) is 0 Å². The van der Waals surface area contributed by atoms with E-state index in [1.54, 1.807) is 18.2 Å². The second kappa shape index (κ2) is 5.96. The quantitative estimate of drug-likeness (QED) is 0.481. The van der Waals surface area contributed by atoms with Crippen molar-refractivity contribution in [1.29, 1.82) is 0 Å². The van der Waals surface area contributed by atoms with Gasteiger partial charge in [0.05, 0.1) is 4.92 Å². The van der Waals surface area contributed by atoms with Crippen LogP contribution in [0.3, 0.4) is 0 Å². The summed E-state index contributed by atoms with van der Waals surface area (Å²) in [6.45, 7) is 3.75. The Hall–Kier alpha value is -2.02. The third-order valence-corrected chi connectivity index (χ3v) is 2.97. The maximum absolute atomic E-state index is 11.0. The molecule has 1 aromatic heterocycles. The first kappa shape index (κ1) is 14.4. The van der Waals surface area contributed by atoms with E-state index >= 15 is 0 Å². The molecule has 0 aliphatic rings. The number of halogens is 1. The van der Waals surface area contributed by atoms with Crippen molar-refractivity contribution in [3.05, 3.63) is 50.4 Å². The maximum atomic E-state index is 11.0. The highest BCUT2D eigenvalue weighted by Crippen LogP contribution is 2.32. The molecule has 104 valence electrons. The van der Waals surface area contributed by atoms with E-state index in [4.69, 9.17) is 4.74 Å². The van der Waals surface area contributed by atoms with Crippen LogP contribution >= 0.6 is 15.9 Å². The maximum Gasteiger partial charge on any atom is 0.311 e. The van der Waals surface area contributed by atoms with E-state index in [-0.39, 0.29) is 17.3 Å². The Morgan fingerprint density at radius 3 is 2.75 bits per heavy atom. The Morgan fingerprint density at radius 1 is 1.35 bits per heavy atom. The third kappa shape index (κ3) is 3.30. The van der Waals surface area contributed by atoms with E-state index in [1.165, 1.54) is 6.07 Å². The second-order valence-corrected chi connectivity index (χ2v) is 4.94. The van der Waals surface area contributed by atoms with Gasteiger partial charge in [-0.25, -0.2) is 4.98 Å². The number of aryl methyl sites for hydroxylation is 2. The highest BCUT2D eigenvalue weighted by molar-refractivity contribution is 9.10. The number of benzene rings is 1. The average Bonchev–Trinajstić information content (AvgIpc) is 2.37. The molecule has 0 radical (unpaired) electrons. The summed E-state index contributed by atoms with van der Waals surface area (Å²) in [5.74, 6) is 1.05. The lowest BCUT2D eigenvalue weighted by atomic mass is 10.2. The van der Waals surface area contributed by atoms with E-state index in [0.717, 1.165) is 5.56 Å². The van der Waals surface area contributed by atoms with Crippen molar-refractivity contribution in [2.24, 2.45) is 0 Å². The molecule has 0 atom stereocenters. The zero-order valence-corrected chi connectivity index (χ0v) is 12.5. The van der Waals surface area contributed by atoms with Gasteiger partial charge in [-0.2, -0.15) is 4.98 Å². The molecule has 0 N–H and O–H groups in total. The standard InChI is InChI=1S/C13H12BrN3O3/c1-3-12-15-11(14)7-13(16-12)20-10-6-8(2)4-5-9(10)17(18)19/h4-7H,3H2,1-2H3. The first-order valence-electron chi connectivity index (χ1n) is 5.96. The Labute approximate surface area is 124 Å². The Balaban J connectivity index is 2.41. The molecule has 1 aromatic carbocycles. The Kier molecular flexibility index (Phi) is 4.29. The Bertz CT molecular complexity index is 661. The van der Waals surface area contributed by atoms with Crippen molar-refractivity contribution in [1.82, 2.24) is 9.97 Å². The molecule has 0 aliphatic heterocycles. The number of rotatable bonds is 4. The van der Waals surface area contributed by atoms with Crippen LogP contribution in [0.15, 0.2) is 28.9 Å². The summed E-state index contributed by atoms with van der Waals surface area (Å²) in [7, 11) is 0. The first-order chi connectivity index (χ1) is 9.49. The molecule has 0 saturated heterocycles. The fourth-order valence-electron chi connectivity index (χ4n) is 1.62. The van der Waals surface area contributed by atoms with Gasteiger partial charge >= 0.3 is 5.69 Å². The SMILES string of the molecule is CCc1nc(Br)cc(Oc2cc(C)ccc2[N+](=O)[O-])n1. The molecule has 7 heteroatoms. The van der Waals surface area contributed by atoms with Crippen molar-refractivity contribution in [2.45, 2.75) is 20.3 Å². The lowest BCUT2D eigenvalue weighted by molar-refractivity contribution is -0.385. The molecule has 1 heterocycles. The molecule has 2 aromatic rings. The Morgan fingerprint density at radius 2 is 2.10 bits per heavy atom. The lowest BCUT2D eigenvalue weighted by Crippen LogP contribution is -1.99. The zero-order chi connectivity index (χ0) is 14.7. The van der Waals surface area contributed by atoms with Crippen molar-refractivity contribution in [3.63, 3.8) is 0 Å². The van der Waals surface area contributed by atoms with Crippen LogP contribution in [0.5, 0.6) is 11.6 Å². The van der Waals surface area contributed by atoms with Crippen LogP contribution in [0.25, 0.3) is 0 Å². The van der Waals surface area contributed by atoms with Gasteiger partial charge < -0.3 is 4.74 Å². The van der Waals surface area contributed by atoms with Crippen LogP contribution in [0.1, 0.15) is 18.3 Å². The van der Waals surface area contributed by atoms with Crippen LogP contribution in [-0.2, 0) is 6.42 Å². The number of aromatic nitrogens is 2. The number of nitro groups is 1. The molecular formula is C13H12BrN3O3. The molecule has 0 unspecified atom stereocenters. The van der Waals surface area contributed by atoms with Crippen LogP contribution in [0, 0.1) is 17.0 Å². The van der Waals surface area contributed by atoms with Gasteiger partial charge in [-0.1, -0.05) is 13.0 Å². The van der Waals surface area contributed by atoms with Gasteiger partial charge in [0.25, 0.3) is 0 Å². The van der Waals surface area contributed by atoms with Crippen LogP contribution in [-0.4, -0.2) is 14.9 Å². The van der Waals surface area contributed by atoms with E-state index in [1.807, 2.05) is 13.8 Å². The number of nitrogens with zero attached hydrogens (tertiary/aromatic N) is 3. The van der Waals surface area contributed by atoms with E-state index in [0.29, 0.717) is 16.8 Å². The van der Waals surface area contributed by atoms with Crippen molar-refractivity contribution in [2.75, 3.05) is 0 Å². The normalized spacial score (nSPS) is 10.3. The highest BCUT2D eigenvalue weighted by Gasteiger charge is 2.16. The summed E-state index contributed by atoms with van der Waals surface area (Å²) in [6.07, 6.45) is 0.645. The topological polar surface area (TPSA) is 78.2 Å². The summed E-state index contributed by atoms with van der Waals surface area (Å²) in [5, 5.41) is 11.0. The molecule has 20 heavy (non-hydrogen) atoms. The fourth-order valence-corrected chi connectivity index (χ4v) is 2.02. The summed E-state index contributed by atoms with van der Waals surface area (Å²) >= 11 is 3.26. The van der Waals surface area contributed by atoms with E-state index < -0.39 is 4.92 Å². The zero-order valence-electron chi connectivity index (χ0n) is 11.0. The van der Waals surface area contributed by atoms with Gasteiger partial charge in [-0.15, -0.1) is 0 Å². The van der Waals surface area contributed by atoms with Gasteiger partial charge in [0.2, 0.25) is 11.6 Å². The van der Waals surface area contributed by atoms with Crippen LogP contribution in [0.4, 0.5) is 5.69 Å².